The standard InChI is InChI=1S/C15H18O7/c16-9-11(17)12(18)13(19)14(20)15(21)22-8-4-7-10-5-2-1-3-6-10/h1-7,9,11-14,17-20H,8H2/t11-,12+,13-,14-/m0/s1. The Hall–Kier alpha value is -2.06. The van der Waals surface area contributed by atoms with Crippen LogP contribution in [0.2, 0.25) is 0 Å². The summed E-state index contributed by atoms with van der Waals surface area (Å²) in [5.74, 6) is -1.18. The van der Waals surface area contributed by atoms with Crippen molar-refractivity contribution in [1.82, 2.24) is 0 Å². The van der Waals surface area contributed by atoms with Crippen molar-refractivity contribution in [1.29, 1.82) is 0 Å². The molecule has 4 N–H and O–H groups in total. The van der Waals surface area contributed by atoms with E-state index in [9.17, 15) is 24.9 Å². The molecule has 0 saturated carbocycles. The monoisotopic (exact) mass is 310 g/mol. The normalized spacial score (nSPS) is 16.7. The topological polar surface area (TPSA) is 124 Å². The van der Waals surface area contributed by atoms with Gasteiger partial charge in [0.05, 0.1) is 0 Å². The van der Waals surface area contributed by atoms with Crippen LogP contribution in [0.15, 0.2) is 36.4 Å². The number of hydrogen-bond donors (Lipinski definition) is 4. The van der Waals surface area contributed by atoms with Gasteiger partial charge in [0, 0.05) is 0 Å². The van der Waals surface area contributed by atoms with Gasteiger partial charge in [0.15, 0.2) is 12.4 Å². The van der Waals surface area contributed by atoms with Gasteiger partial charge >= 0.3 is 5.97 Å². The van der Waals surface area contributed by atoms with Crippen molar-refractivity contribution >= 4 is 18.3 Å². The van der Waals surface area contributed by atoms with Crippen molar-refractivity contribution in [3.63, 3.8) is 0 Å². The molecule has 0 aliphatic heterocycles. The fourth-order valence-electron chi connectivity index (χ4n) is 1.57. The maximum atomic E-state index is 11.5. The van der Waals surface area contributed by atoms with E-state index in [-0.39, 0.29) is 12.9 Å². The van der Waals surface area contributed by atoms with Crippen molar-refractivity contribution in [3.05, 3.63) is 42.0 Å². The number of aliphatic hydroxyl groups excluding tert-OH is 4. The second-order valence-electron chi connectivity index (χ2n) is 4.50. The van der Waals surface area contributed by atoms with Crippen LogP contribution in [0.25, 0.3) is 6.08 Å². The first-order chi connectivity index (χ1) is 10.5. The Morgan fingerprint density at radius 1 is 1.09 bits per heavy atom. The average molecular weight is 310 g/mol. The van der Waals surface area contributed by atoms with Crippen LogP contribution in [0, 0.1) is 0 Å². The van der Waals surface area contributed by atoms with E-state index in [0.717, 1.165) is 5.56 Å². The molecule has 1 aromatic carbocycles. The molecule has 0 spiro atoms. The molecule has 0 heterocycles. The van der Waals surface area contributed by atoms with Crippen LogP contribution in [-0.4, -0.2) is 63.7 Å². The maximum Gasteiger partial charge on any atom is 0.338 e. The fraction of sp³-hybridized carbons (Fsp3) is 0.333. The third-order valence-electron chi connectivity index (χ3n) is 2.84. The van der Waals surface area contributed by atoms with Crippen LogP contribution in [-0.2, 0) is 14.3 Å². The van der Waals surface area contributed by atoms with E-state index in [0.29, 0.717) is 0 Å². The molecule has 120 valence electrons. The maximum absolute atomic E-state index is 11.5. The number of rotatable bonds is 8. The number of esters is 1. The molecule has 0 aliphatic carbocycles. The quantitative estimate of drug-likeness (QED) is 0.354. The molecule has 0 bridgehead atoms. The molecule has 0 aliphatic rings. The third-order valence-corrected chi connectivity index (χ3v) is 2.84. The highest BCUT2D eigenvalue weighted by molar-refractivity contribution is 5.75. The van der Waals surface area contributed by atoms with Crippen LogP contribution in [0.1, 0.15) is 5.56 Å². The average Bonchev–Trinajstić information content (AvgIpc) is 2.56. The van der Waals surface area contributed by atoms with Crippen LogP contribution >= 0.6 is 0 Å². The molecule has 22 heavy (non-hydrogen) atoms. The zero-order valence-electron chi connectivity index (χ0n) is 11.6. The third kappa shape index (κ3) is 5.38. The van der Waals surface area contributed by atoms with E-state index < -0.39 is 30.4 Å². The number of carbonyl (C=O) groups is 2. The number of ether oxygens (including phenoxy) is 1. The van der Waals surface area contributed by atoms with Gasteiger partial charge in [-0.1, -0.05) is 36.4 Å². The lowest BCUT2D eigenvalue weighted by atomic mass is 10.0. The Balaban J connectivity index is 2.44. The minimum atomic E-state index is -2.07. The Labute approximate surface area is 127 Å². The van der Waals surface area contributed by atoms with Crippen molar-refractivity contribution in [2.24, 2.45) is 0 Å². The summed E-state index contributed by atoms with van der Waals surface area (Å²) in [7, 11) is 0. The van der Waals surface area contributed by atoms with E-state index in [4.69, 9.17) is 9.84 Å². The summed E-state index contributed by atoms with van der Waals surface area (Å²) in [6, 6.07) is 9.22. The highest BCUT2D eigenvalue weighted by Crippen LogP contribution is 2.06. The molecular formula is C15H18O7. The van der Waals surface area contributed by atoms with Crippen molar-refractivity contribution < 1.29 is 34.8 Å². The van der Waals surface area contributed by atoms with Gasteiger partial charge in [-0.25, -0.2) is 4.79 Å². The van der Waals surface area contributed by atoms with E-state index in [2.05, 4.69) is 0 Å². The van der Waals surface area contributed by atoms with E-state index >= 15 is 0 Å². The first-order valence-corrected chi connectivity index (χ1v) is 6.53. The Bertz CT molecular complexity index is 500. The number of benzene rings is 1. The zero-order valence-corrected chi connectivity index (χ0v) is 11.6. The van der Waals surface area contributed by atoms with Gasteiger partial charge in [-0.2, -0.15) is 0 Å². The molecule has 0 saturated heterocycles. The molecular weight excluding hydrogens is 292 g/mol. The lowest BCUT2D eigenvalue weighted by Crippen LogP contribution is -2.48. The fourth-order valence-corrected chi connectivity index (χ4v) is 1.57. The molecule has 4 atom stereocenters. The lowest BCUT2D eigenvalue weighted by Gasteiger charge is -2.22. The smallest absolute Gasteiger partial charge is 0.338 e. The SMILES string of the molecule is O=C[C@H](O)[C@@H](O)[C@H](O)[C@H](O)C(=O)OCC=Cc1ccccc1. The first-order valence-electron chi connectivity index (χ1n) is 6.53. The van der Waals surface area contributed by atoms with Crippen LogP contribution in [0.4, 0.5) is 0 Å². The minimum Gasteiger partial charge on any atom is -0.459 e. The van der Waals surface area contributed by atoms with Crippen molar-refractivity contribution in [2.75, 3.05) is 6.61 Å². The molecule has 0 unspecified atom stereocenters. The first kappa shape index (κ1) is 18.0. The van der Waals surface area contributed by atoms with Crippen molar-refractivity contribution in [2.45, 2.75) is 24.4 Å². The van der Waals surface area contributed by atoms with Gasteiger partial charge in [0.2, 0.25) is 0 Å². The number of hydrogen-bond acceptors (Lipinski definition) is 7. The van der Waals surface area contributed by atoms with Crippen LogP contribution in [0.3, 0.4) is 0 Å². The summed E-state index contributed by atoms with van der Waals surface area (Å²) < 4.78 is 4.69. The van der Waals surface area contributed by atoms with Gasteiger partial charge in [-0.05, 0) is 11.6 Å². The molecule has 0 amide bonds. The summed E-state index contributed by atoms with van der Waals surface area (Å²) in [5.41, 5.74) is 0.892. The number of carbonyl (C=O) groups excluding carboxylic acids is 2. The second kappa shape index (κ2) is 9.06. The van der Waals surface area contributed by atoms with Gasteiger partial charge in [-0.3, -0.25) is 0 Å². The molecule has 7 heteroatoms. The molecule has 0 aromatic heterocycles. The van der Waals surface area contributed by atoms with Crippen molar-refractivity contribution in [3.8, 4) is 0 Å². The van der Waals surface area contributed by atoms with Gasteiger partial charge in [-0.15, -0.1) is 0 Å². The Kier molecular flexibility index (Phi) is 7.41. The minimum absolute atomic E-state index is 0.0193. The lowest BCUT2D eigenvalue weighted by molar-refractivity contribution is -0.168. The van der Waals surface area contributed by atoms with Gasteiger partial charge in [0.25, 0.3) is 0 Å². The molecule has 7 nitrogen and oxygen atoms in total. The highest BCUT2D eigenvalue weighted by Gasteiger charge is 2.35. The van der Waals surface area contributed by atoms with E-state index in [1.807, 2.05) is 30.3 Å². The predicted molar refractivity (Wildman–Crippen MR) is 76.5 cm³/mol. The molecule has 0 radical (unpaired) electrons. The summed E-state index contributed by atoms with van der Waals surface area (Å²) in [6.45, 7) is -0.149. The Morgan fingerprint density at radius 3 is 2.32 bits per heavy atom. The summed E-state index contributed by atoms with van der Waals surface area (Å²) in [6.07, 6.45) is -4.80. The number of aldehydes is 1. The molecule has 0 fully saturated rings. The Morgan fingerprint density at radius 2 is 1.73 bits per heavy atom. The summed E-state index contributed by atoms with van der Waals surface area (Å²) >= 11 is 0. The van der Waals surface area contributed by atoms with Crippen LogP contribution < -0.4 is 0 Å². The largest absolute Gasteiger partial charge is 0.459 e. The highest BCUT2D eigenvalue weighted by atomic mass is 16.5. The predicted octanol–water partition coefficient (Wildman–Crippen LogP) is -1.11. The number of aliphatic hydroxyl groups is 4. The second-order valence-corrected chi connectivity index (χ2v) is 4.50. The summed E-state index contributed by atoms with van der Waals surface area (Å²) in [4.78, 5) is 21.7. The molecule has 1 aromatic rings. The molecule has 1 rings (SSSR count). The van der Waals surface area contributed by atoms with Gasteiger partial charge in [0.1, 0.15) is 24.9 Å². The van der Waals surface area contributed by atoms with E-state index in [1.54, 1.807) is 6.08 Å². The zero-order chi connectivity index (χ0) is 16.5. The van der Waals surface area contributed by atoms with E-state index in [1.165, 1.54) is 6.08 Å². The van der Waals surface area contributed by atoms with Crippen LogP contribution in [0.5, 0.6) is 0 Å². The summed E-state index contributed by atoms with van der Waals surface area (Å²) in [5, 5.41) is 37.3. The van der Waals surface area contributed by atoms with Gasteiger partial charge < -0.3 is 30.0 Å².